The molecule has 2 aromatic heterocycles. The second-order valence-electron chi connectivity index (χ2n) is 6.69. The van der Waals surface area contributed by atoms with Crippen molar-refractivity contribution in [1.82, 2.24) is 19.7 Å². The van der Waals surface area contributed by atoms with Crippen LogP contribution in [0.1, 0.15) is 16.9 Å². The Morgan fingerprint density at radius 3 is 2.93 bits per heavy atom. The van der Waals surface area contributed by atoms with E-state index >= 15 is 0 Å². The summed E-state index contributed by atoms with van der Waals surface area (Å²) < 4.78 is 1.83. The molecule has 0 aliphatic carbocycles. The van der Waals surface area contributed by atoms with Crippen LogP contribution in [0, 0.1) is 0 Å². The van der Waals surface area contributed by atoms with Gasteiger partial charge in [0.25, 0.3) is 5.91 Å². The van der Waals surface area contributed by atoms with Gasteiger partial charge in [0.1, 0.15) is 12.0 Å². The molecule has 1 aliphatic heterocycles. The molecule has 1 aliphatic rings. The van der Waals surface area contributed by atoms with E-state index in [-0.39, 0.29) is 11.9 Å². The van der Waals surface area contributed by atoms with E-state index < -0.39 is 0 Å². The summed E-state index contributed by atoms with van der Waals surface area (Å²) in [5.41, 5.74) is 8.87. The second-order valence-corrected chi connectivity index (χ2v) is 6.69. The fraction of sp³-hybridized carbons (Fsp3) is 0.263. The van der Waals surface area contributed by atoms with Gasteiger partial charge in [0.05, 0.1) is 0 Å². The van der Waals surface area contributed by atoms with E-state index in [9.17, 15) is 4.79 Å². The molecular weight excluding hydrogens is 342 g/mol. The van der Waals surface area contributed by atoms with Crippen LogP contribution in [0.4, 0.5) is 11.4 Å². The Morgan fingerprint density at radius 1 is 1.30 bits per heavy atom. The lowest BCUT2D eigenvalue weighted by atomic mass is 10.2. The zero-order valence-corrected chi connectivity index (χ0v) is 15.0. The molecule has 27 heavy (non-hydrogen) atoms. The first kappa shape index (κ1) is 17.2. The molecule has 0 radical (unpaired) electrons. The van der Waals surface area contributed by atoms with Gasteiger partial charge < -0.3 is 20.5 Å². The van der Waals surface area contributed by atoms with Crippen LogP contribution in [0.3, 0.4) is 0 Å². The summed E-state index contributed by atoms with van der Waals surface area (Å²) in [4.78, 5) is 19.1. The van der Waals surface area contributed by atoms with Gasteiger partial charge in [-0.1, -0.05) is 12.1 Å². The summed E-state index contributed by atoms with van der Waals surface area (Å²) in [6.45, 7) is 1.69. The summed E-state index contributed by atoms with van der Waals surface area (Å²) in [5.74, 6) is 0.479. The number of aryl methyl sites for hydroxylation is 1. The Kier molecular flexibility index (Phi) is 4.55. The topological polar surface area (TPSA) is 102 Å². The maximum atomic E-state index is 12.7. The normalized spacial score (nSPS) is 16.5. The van der Waals surface area contributed by atoms with Crippen molar-refractivity contribution in [2.75, 3.05) is 23.3 Å². The molecule has 0 bridgehead atoms. The van der Waals surface area contributed by atoms with E-state index in [1.165, 1.54) is 0 Å². The van der Waals surface area contributed by atoms with Crippen molar-refractivity contribution in [1.29, 1.82) is 0 Å². The summed E-state index contributed by atoms with van der Waals surface area (Å²) in [5, 5.41) is 10.9. The minimum absolute atomic E-state index is 0.179. The molecule has 1 saturated heterocycles. The predicted octanol–water partition coefficient (Wildman–Crippen LogP) is 1.67. The molecule has 8 nitrogen and oxygen atoms in total. The van der Waals surface area contributed by atoms with E-state index in [0.29, 0.717) is 11.4 Å². The SMILES string of the molecule is Cn1cnnc1-c1cccc(NC(=O)c2cc(N3CC[C@H](N)C3)ccn2)c1. The number of pyridine rings is 1. The average molecular weight is 363 g/mol. The van der Waals surface area contributed by atoms with E-state index in [1.54, 1.807) is 18.6 Å². The molecule has 1 fully saturated rings. The Morgan fingerprint density at radius 2 is 2.19 bits per heavy atom. The number of carbonyl (C=O) groups is 1. The summed E-state index contributed by atoms with van der Waals surface area (Å²) >= 11 is 0. The third kappa shape index (κ3) is 3.65. The predicted molar refractivity (Wildman–Crippen MR) is 103 cm³/mol. The van der Waals surface area contributed by atoms with Gasteiger partial charge in [-0.3, -0.25) is 9.78 Å². The van der Waals surface area contributed by atoms with Crippen molar-refractivity contribution >= 4 is 17.3 Å². The van der Waals surface area contributed by atoms with Gasteiger partial charge in [0, 0.05) is 49.3 Å². The number of benzene rings is 1. The van der Waals surface area contributed by atoms with Crippen molar-refractivity contribution in [2.45, 2.75) is 12.5 Å². The molecule has 138 valence electrons. The molecule has 8 heteroatoms. The Balaban J connectivity index is 1.52. The first-order valence-corrected chi connectivity index (χ1v) is 8.82. The quantitative estimate of drug-likeness (QED) is 0.731. The third-order valence-electron chi connectivity index (χ3n) is 4.66. The standard InChI is InChI=1S/C19H21N7O/c1-25-12-22-24-18(25)13-3-2-4-15(9-13)23-19(27)17-10-16(5-7-21-17)26-8-6-14(20)11-26/h2-5,7,9-10,12,14H,6,8,11,20H2,1H3,(H,23,27)/t14-/m0/s1. The number of anilines is 2. The third-order valence-corrected chi connectivity index (χ3v) is 4.66. The lowest BCUT2D eigenvalue weighted by Gasteiger charge is -2.18. The lowest BCUT2D eigenvalue weighted by Crippen LogP contribution is -2.26. The number of hydrogen-bond acceptors (Lipinski definition) is 6. The Bertz CT molecular complexity index is 968. The number of hydrogen-bond donors (Lipinski definition) is 2. The second kappa shape index (κ2) is 7.16. The van der Waals surface area contributed by atoms with E-state index in [1.807, 2.05) is 41.9 Å². The Labute approximate surface area is 157 Å². The van der Waals surface area contributed by atoms with Crippen molar-refractivity contribution < 1.29 is 4.79 Å². The summed E-state index contributed by atoms with van der Waals surface area (Å²) in [6, 6.07) is 11.4. The van der Waals surface area contributed by atoms with Crippen molar-refractivity contribution in [3.8, 4) is 11.4 Å². The molecular formula is C19H21N7O. The number of rotatable bonds is 4. The molecule has 0 saturated carbocycles. The number of nitrogens with zero attached hydrogens (tertiary/aromatic N) is 5. The molecule has 0 unspecified atom stereocenters. The first-order chi connectivity index (χ1) is 13.1. The van der Waals surface area contributed by atoms with Gasteiger partial charge in [0.15, 0.2) is 5.82 Å². The lowest BCUT2D eigenvalue weighted by molar-refractivity contribution is 0.102. The van der Waals surface area contributed by atoms with Gasteiger partial charge in [0.2, 0.25) is 0 Å². The van der Waals surface area contributed by atoms with E-state index in [0.717, 1.165) is 36.6 Å². The fourth-order valence-corrected chi connectivity index (χ4v) is 3.24. The first-order valence-electron chi connectivity index (χ1n) is 8.82. The maximum Gasteiger partial charge on any atom is 0.274 e. The summed E-state index contributed by atoms with van der Waals surface area (Å²) in [7, 11) is 1.88. The molecule has 3 N–H and O–H groups in total. The largest absolute Gasteiger partial charge is 0.370 e. The van der Waals surface area contributed by atoms with Crippen LogP contribution >= 0.6 is 0 Å². The van der Waals surface area contributed by atoms with Crippen molar-refractivity contribution in [3.05, 3.63) is 54.6 Å². The van der Waals surface area contributed by atoms with Crippen LogP contribution in [0.2, 0.25) is 0 Å². The van der Waals surface area contributed by atoms with Crippen LogP contribution in [0.25, 0.3) is 11.4 Å². The molecule has 0 spiro atoms. The van der Waals surface area contributed by atoms with Gasteiger partial charge in [-0.25, -0.2) is 0 Å². The molecule has 1 aromatic carbocycles. The van der Waals surface area contributed by atoms with Crippen LogP contribution in [-0.4, -0.2) is 44.8 Å². The minimum atomic E-state index is -0.254. The van der Waals surface area contributed by atoms with E-state index in [4.69, 9.17) is 5.73 Å². The number of carbonyl (C=O) groups excluding carboxylic acids is 1. The van der Waals surface area contributed by atoms with Gasteiger partial charge in [-0.15, -0.1) is 10.2 Å². The molecule has 1 amide bonds. The van der Waals surface area contributed by atoms with Gasteiger partial charge in [-0.05, 0) is 30.7 Å². The minimum Gasteiger partial charge on any atom is -0.370 e. The van der Waals surface area contributed by atoms with Crippen molar-refractivity contribution in [3.63, 3.8) is 0 Å². The number of aromatic nitrogens is 4. The smallest absolute Gasteiger partial charge is 0.274 e. The van der Waals surface area contributed by atoms with Crippen molar-refractivity contribution in [2.24, 2.45) is 12.8 Å². The zero-order chi connectivity index (χ0) is 18.8. The van der Waals surface area contributed by atoms with Crippen LogP contribution in [0.5, 0.6) is 0 Å². The van der Waals surface area contributed by atoms with E-state index in [2.05, 4.69) is 25.4 Å². The highest BCUT2D eigenvalue weighted by Crippen LogP contribution is 2.22. The molecule has 3 heterocycles. The average Bonchev–Trinajstić information content (AvgIpc) is 3.30. The monoisotopic (exact) mass is 363 g/mol. The highest BCUT2D eigenvalue weighted by atomic mass is 16.1. The molecule has 3 aromatic rings. The van der Waals surface area contributed by atoms with Gasteiger partial charge >= 0.3 is 0 Å². The number of amides is 1. The number of nitrogens with two attached hydrogens (primary N) is 1. The highest BCUT2D eigenvalue weighted by Gasteiger charge is 2.20. The van der Waals surface area contributed by atoms with Crippen LogP contribution < -0.4 is 16.0 Å². The zero-order valence-electron chi connectivity index (χ0n) is 15.0. The van der Waals surface area contributed by atoms with Gasteiger partial charge in [-0.2, -0.15) is 0 Å². The molecule has 1 atom stereocenters. The molecule has 4 rings (SSSR count). The number of nitrogens with one attached hydrogen (secondary N) is 1. The van der Waals surface area contributed by atoms with Crippen LogP contribution in [0.15, 0.2) is 48.9 Å². The maximum absolute atomic E-state index is 12.7. The summed E-state index contributed by atoms with van der Waals surface area (Å²) in [6.07, 6.45) is 4.25. The highest BCUT2D eigenvalue weighted by molar-refractivity contribution is 6.03. The fourth-order valence-electron chi connectivity index (χ4n) is 3.24. The van der Waals surface area contributed by atoms with Crippen LogP contribution in [-0.2, 0) is 7.05 Å². The Hall–Kier alpha value is -3.26.